The van der Waals surface area contributed by atoms with Gasteiger partial charge < -0.3 is 19.3 Å². The standard InChI is InChI=1S/C16H29N5O4S/c1-12(2)14-17-15(21(18-14)16(23)19(3)4)26-11-13(22)20(7-9-24-5)8-10-25-6/h12H,7-11H2,1-6H3. The summed E-state index contributed by atoms with van der Waals surface area (Å²) < 4.78 is 11.4. The molecule has 1 aromatic heterocycles. The highest BCUT2D eigenvalue weighted by Gasteiger charge is 2.21. The van der Waals surface area contributed by atoms with E-state index < -0.39 is 0 Å². The van der Waals surface area contributed by atoms with Gasteiger partial charge in [0.2, 0.25) is 5.91 Å². The average molecular weight is 388 g/mol. The normalized spacial score (nSPS) is 11.0. The Morgan fingerprint density at radius 2 is 1.73 bits per heavy atom. The zero-order valence-electron chi connectivity index (χ0n) is 16.4. The number of carbonyl (C=O) groups excluding carboxylic acids is 2. The maximum Gasteiger partial charge on any atom is 0.346 e. The highest BCUT2D eigenvalue weighted by atomic mass is 32.2. The van der Waals surface area contributed by atoms with E-state index in [1.807, 2.05) is 13.8 Å². The van der Waals surface area contributed by atoms with Crippen LogP contribution in [0.3, 0.4) is 0 Å². The van der Waals surface area contributed by atoms with Crippen LogP contribution in [0.25, 0.3) is 0 Å². The number of aromatic nitrogens is 3. The molecule has 0 saturated carbocycles. The molecule has 0 saturated heterocycles. The molecule has 1 rings (SSSR count). The molecule has 0 spiro atoms. The lowest BCUT2D eigenvalue weighted by molar-refractivity contribution is -0.129. The minimum Gasteiger partial charge on any atom is -0.383 e. The molecule has 0 bridgehead atoms. The molecule has 2 amide bonds. The monoisotopic (exact) mass is 387 g/mol. The van der Waals surface area contributed by atoms with Crippen molar-refractivity contribution in [3.05, 3.63) is 5.82 Å². The summed E-state index contributed by atoms with van der Waals surface area (Å²) in [5.74, 6) is 0.749. The van der Waals surface area contributed by atoms with Crippen LogP contribution in [0.1, 0.15) is 25.6 Å². The molecule has 10 heteroatoms. The summed E-state index contributed by atoms with van der Waals surface area (Å²) in [6.45, 7) is 5.78. The van der Waals surface area contributed by atoms with Crippen molar-refractivity contribution in [3.8, 4) is 0 Å². The summed E-state index contributed by atoms with van der Waals surface area (Å²) in [6, 6.07) is -0.296. The average Bonchev–Trinajstić information content (AvgIpc) is 3.03. The molecular weight excluding hydrogens is 358 g/mol. The third-order valence-electron chi connectivity index (χ3n) is 3.48. The van der Waals surface area contributed by atoms with Gasteiger partial charge in [0.25, 0.3) is 0 Å². The number of carbonyl (C=O) groups is 2. The second-order valence-corrected chi connectivity index (χ2v) is 7.09. The van der Waals surface area contributed by atoms with Crippen LogP contribution in [0.2, 0.25) is 0 Å². The van der Waals surface area contributed by atoms with Gasteiger partial charge >= 0.3 is 6.03 Å². The second-order valence-electron chi connectivity index (χ2n) is 6.15. The van der Waals surface area contributed by atoms with Crippen LogP contribution in [0.4, 0.5) is 4.79 Å². The third kappa shape index (κ3) is 6.58. The molecule has 1 aromatic rings. The summed E-state index contributed by atoms with van der Waals surface area (Å²) in [7, 11) is 6.48. The summed E-state index contributed by atoms with van der Waals surface area (Å²) in [5, 5.41) is 4.70. The number of amides is 2. The van der Waals surface area contributed by atoms with Crippen LogP contribution < -0.4 is 0 Å². The Balaban J connectivity index is 2.85. The van der Waals surface area contributed by atoms with Gasteiger partial charge in [0, 0.05) is 47.3 Å². The van der Waals surface area contributed by atoms with E-state index in [-0.39, 0.29) is 23.6 Å². The molecule has 0 aliphatic heterocycles. The van der Waals surface area contributed by atoms with E-state index in [1.165, 1.54) is 21.3 Å². The number of hydrogen-bond donors (Lipinski definition) is 0. The Hall–Kier alpha value is -1.65. The van der Waals surface area contributed by atoms with Gasteiger partial charge in [-0.2, -0.15) is 4.68 Å². The van der Waals surface area contributed by atoms with Crippen LogP contribution in [-0.4, -0.2) is 96.9 Å². The molecule has 0 atom stereocenters. The third-order valence-corrected chi connectivity index (χ3v) is 4.40. The highest BCUT2D eigenvalue weighted by Crippen LogP contribution is 2.20. The van der Waals surface area contributed by atoms with Crippen LogP contribution in [0.5, 0.6) is 0 Å². The SMILES string of the molecule is COCCN(CCOC)C(=O)CSc1nc(C(C)C)nn1C(=O)N(C)C. The number of nitrogens with zero attached hydrogens (tertiary/aromatic N) is 5. The number of methoxy groups -OCH3 is 2. The van der Waals surface area contributed by atoms with Crippen molar-refractivity contribution in [1.29, 1.82) is 0 Å². The van der Waals surface area contributed by atoms with Crippen molar-refractivity contribution < 1.29 is 19.1 Å². The van der Waals surface area contributed by atoms with Crippen molar-refractivity contribution in [3.63, 3.8) is 0 Å². The van der Waals surface area contributed by atoms with Gasteiger partial charge in [0.15, 0.2) is 11.0 Å². The zero-order valence-corrected chi connectivity index (χ0v) is 17.2. The zero-order chi connectivity index (χ0) is 19.7. The van der Waals surface area contributed by atoms with Crippen molar-refractivity contribution in [1.82, 2.24) is 24.6 Å². The molecule has 26 heavy (non-hydrogen) atoms. The number of hydrogen-bond acceptors (Lipinski definition) is 7. The highest BCUT2D eigenvalue weighted by molar-refractivity contribution is 7.99. The van der Waals surface area contributed by atoms with E-state index in [4.69, 9.17) is 9.47 Å². The molecule has 0 unspecified atom stereocenters. The van der Waals surface area contributed by atoms with Gasteiger partial charge in [-0.1, -0.05) is 25.6 Å². The number of rotatable bonds is 10. The molecule has 0 aliphatic carbocycles. The molecule has 0 radical (unpaired) electrons. The van der Waals surface area contributed by atoms with Crippen LogP contribution >= 0.6 is 11.8 Å². The van der Waals surface area contributed by atoms with Gasteiger partial charge in [-0.05, 0) is 0 Å². The first-order chi connectivity index (χ1) is 12.3. The Morgan fingerprint density at radius 3 is 2.19 bits per heavy atom. The molecule has 0 N–H and O–H groups in total. The Kier molecular flexibility index (Phi) is 9.60. The summed E-state index contributed by atoms with van der Waals surface area (Å²) in [5.41, 5.74) is 0. The van der Waals surface area contributed by atoms with E-state index in [2.05, 4.69) is 10.1 Å². The summed E-state index contributed by atoms with van der Waals surface area (Å²) in [4.78, 5) is 32.4. The Morgan fingerprint density at radius 1 is 1.15 bits per heavy atom. The van der Waals surface area contributed by atoms with E-state index in [0.717, 1.165) is 0 Å². The number of ether oxygens (including phenoxy) is 2. The van der Waals surface area contributed by atoms with Crippen LogP contribution in [0.15, 0.2) is 5.16 Å². The predicted octanol–water partition coefficient (Wildman–Crippen LogP) is 1.14. The molecular formula is C16H29N5O4S. The molecule has 148 valence electrons. The number of thioether (sulfide) groups is 1. The Labute approximate surface area is 159 Å². The second kappa shape index (κ2) is 11.1. The molecule has 0 fully saturated rings. The van der Waals surface area contributed by atoms with Gasteiger partial charge in [-0.25, -0.2) is 9.78 Å². The van der Waals surface area contributed by atoms with Crippen molar-refractivity contribution >= 4 is 23.7 Å². The quantitative estimate of drug-likeness (QED) is 0.556. The fraction of sp³-hybridized carbons (Fsp3) is 0.750. The molecule has 1 heterocycles. The lowest BCUT2D eigenvalue weighted by Crippen LogP contribution is -2.37. The van der Waals surface area contributed by atoms with Crippen LogP contribution in [-0.2, 0) is 14.3 Å². The van der Waals surface area contributed by atoms with Crippen molar-refractivity contribution in [2.45, 2.75) is 24.9 Å². The lowest BCUT2D eigenvalue weighted by atomic mass is 10.2. The predicted molar refractivity (Wildman–Crippen MR) is 99.6 cm³/mol. The molecule has 9 nitrogen and oxygen atoms in total. The fourth-order valence-electron chi connectivity index (χ4n) is 1.95. The largest absolute Gasteiger partial charge is 0.383 e. The molecule has 0 aliphatic rings. The van der Waals surface area contributed by atoms with E-state index >= 15 is 0 Å². The first-order valence-electron chi connectivity index (χ1n) is 8.38. The van der Waals surface area contributed by atoms with E-state index in [9.17, 15) is 9.59 Å². The first kappa shape index (κ1) is 22.4. The lowest BCUT2D eigenvalue weighted by Gasteiger charge is -2.21. The summed E-state index contributed by atoms with van der Waals surface area (Å²) in [6.07, 6.45) is 0. The van der Waals surface area contributed by atoms with Crippen molar-refractivity contribution in [2.75, 3.05) is 60.4 Å². The van der Waals surface area contributed by atoms with Gasteiger partial charge in [-0.3, -0.25) is 4.79 Å². The maximum absolute atomic E-state index is 12.5. The fourth-order valence-corrected chi connectivity index (χ4v) is 2.78. The van der Waals surface area contributed by atoms with Crippen molar-refractivity contribution in [2.24, 2.45) is 0 Å². The minimum absolute atomic E-state index is 0.0675. The minimum atomic E-state index is -0.296. The van der Waals surface area contributed by atoms with Gasteiger partial charge in [-0.15, -0.1) is 5.10 Å². The Bertz CT molecular complexity index is 583. The first-order valence-corrected chi connectivity index (χ1v) is 9.37. The molecule has 0 aromatic carbocycles. The van der Waals surface area contributed by atoms with Gasteiger partial charge in [0.05, 0.1) is 19.0 Å². The van der Waals surface area contributed by atoms with E-state index in [0.29, 0.717) is 37.3 Å². The smallest absolute Gasteiger partial charge is 0.346 e. The van der Waals surface area contributed by atoms with Crippen LogP contribution in [0, 0.1) is 0 Å². The van der Waals surface area contributed by atoms with Gasteiger partial charge in [0.1, 0.15) is 0 Å². The summed E-state index contributed by atoms with van der Waals surface area (Å²) >= 11 is 1.20. The maximum atomic E-state index is 12.5. The van der Waals surface area contributed by atoms with E-state index in [1.54, 1.807) is 33.2 Å². The topological polar surface area (TPSA) is 89.8 Å².